The average Bonchev–Trinajstić information content (AvgIpc) is 2.25. The van der Waals surface area contributed by atoms with Gasteiger partial charge in [0.1, 0.15) is 13.2 Å². The number of aliphatic hydroxyl groups is 1. The van der Waals surface area contributed by atoms with Gasteiger partial charge in [0.15, 0.2) is 11.5 Å². The molecule has 1 aromatic carbocycles. The van der Waals surface area contributed by atoms with E-state index in [0.717, 1.165) is 36.3 Å². The number of fused-ring (bicyclic) bond motifs is 1. The first-order valence-electron chi connectivity index (χ1n) is 5.40. The van der Waals surface area contributed by atoms with E-state index in [1.807, 2.05) is 18.2 Å². The predicted octanol–water partition coefficient (Wildman–Crippen LogP) is 1.83. The van der Waals surface area contributed by atoms with Crippen LogP contribution in [0.2, 0.25) is 0 Å². The molecule has 3 nitrogen and oxygen atoms in total. The molecule has 1 fully saturated rings. The molecule has 0 bridgehead atoms. The van der Waals surface area contributed by atoms with Crippen LogP contribution in [-0.4, -0.2) is 18.3 Å². The summed E-state index contributed by atoms with van der Waals surface area (Å²) in [6, 6.07) is 5.74. The molecule has 15 heavy (non-hydrogen) atoms. The summed E-state index contributed by atoms with van der Waals surface area (Å²) in [6.45, 7) is 1.20. The molecule has 2 aliphatic rings. The number of hydrogen-bond acceptors (Lipinski definition) is 3. The molecule has 1 aliphatic heterocycles. The van der Waals surface area contributed by atoms with Gasteiger partial charge < -0.3 is 14.6 Å². The van der Waals surface area contributed by atoms with Gasteiger partial charge in [-0.15, -0.1) is 0 Å². The smallest absolute Gasteiger partial charge is 0.161 e. The molecular formula is C12H14O3. The lowest BCUT2D eigenvalue weighted by atomic mass is 9.75. The number of rotatable bonds is 1. The lowest BCUT2D eigenvalue weighted by molar-refractivity contribution is -0.0391. The lowest BCUT2D eigenvalue weighted by Crippen LogP contribution is -2.33. The minimum atomic E-state index is -0.615. The fraction of sp³-hybridized carbons (Fsp3) is 0.500. The van der Waals surface area contributed by atoms with Crippen LogP contribution in [0.4, 0.5) is 0 Å². The normalized spacial score (nSPS) is 21.9. The summed E-state index contributed by atoms with van der Waals surface area (Å²) in [7, 11) is 0. The van der Waals surface area contributed by atoms with Crippen molar-refractivity contribution in [1.82, 2.24) is 0 Å². The predicted molar refractivity (Wildman–Crippen MR) is 55.2 cm³/mol. The van der Waals surface area contributed by atoms with E-state index in [9.17, 15) is 5.11 Å². The summed E-state index contributed by atoms with van der Waals surface area (Å²) in [5.41, 5.74) is 0.341. The molecule has 1 aliphatic carbocycles. The van der Waals surface area contributed by atoms with Gasteiger partial charge >= 0.3 is 0 Å². The summed E-state index contributed by atoms with van der Waals surface area (Å²) >= 11 is 0. The van der Waals surface area contributed by atoms with E-state index < -0.39 is 5.60 Å². The van der Waals surface area contributed by atoms with Crippen LogP contribution in [0, 0.1) is 0 Å². The summed E-state index contributed by atoms with van der Waals surface area (Å²) in [6.07, 6.45) is 2.81. The molecule has 0 unspecified atom stereocenters. The minimum absolute atomic E-state index is 0.592. The quantitative estimate of drug-likeness (QED) is 0.761. The Kier molecular flexibility index (Phi) is 1.89. The van der Waals surface area contributed by atoms with Crippen molar-refractivity contribution in [2.75, 3.05) is 13.2 Å². The molecule has 3 rings (SSSR count). The summed E-state index contributed by atoms with van der Waals surface area (Å²) in [5.74, 6) is 1.55. The first kappa shape index (κ1) is 9.04. The maximum Gasteiger partial charge on any atom is 0.161 e. The SMILES string of the molecule is OC1(c2ccc3c(c2)OCCO3)CCC1. The zero-order valence-corrected chi connectivity index (χ0v) is 8.53. The van der Waals surface area contributed by atoms with Crippen LogP contribution in [0.25, 0.3) is 0 Å². The van der Waals surface area contributed by atoms with Crippen molar-refractivity contribution < 1.29 is 14.6 Å². The Balaban J connectivity index is 1.97. The van der Waals surface area contributed by atoms with Crippen molar-refractivity contribution in [2.45, 2.75) is 24.9 Å². The van der Waals surface area contributed by atoms with Crippen LogP contribution >= 0.6 is 0 Å². The van der Waals surface area contributed by atoms with Crippen molar-refractivity contribution >= 4 is 0 Å². The molecule has 0 aromatic heterocycles. The molecule has 0 spiro atoms. The van der Waals surface area contributed by atoms with E-state index in [1.54, 1.807) is 0 Å². The maximum absolute atomic E-state index is 10.2. The monoisotopic (exact) mass is 206 g/mol. The van der Waals surface area contributed by atoms with Crippen molar-refractivity contribution in [1.29, 1.82) is 0 Å². The molecular weight excluding hydrogens is 192 g/mol. The van der Waals surface area contributed by atoms with Crippen LogP contribution in [0.15, 0.2) is 18.2 Å². The van der Waals surface area contributed by atoms with Gasteiger partial charge in [-0.3, -0.25) is 0 Å². The highest BCUT2D eigenvalue weighted by molar-refractivity contribution is 5.45. The van der Waals surface area contributed by atoms with Crippen LogP contribution in [-0.2, 0) is 5.60 Å². The first-order chi connectivity index (χ1) is 7.28. The fourth-order valence-electron chi connectivity index (χ4n) is 2.13. The van der Waals surface area contributed by atoms with E-state index in [-0.39, 0.29) is 0 Å². The highest BCUT2D eigenvalue weighted by Gasteiger charge is 2.36. The minimum Gasteiger partial charge on any atom is -0.486 e. The average molecular weight is 206 g/mol. The largest absolute Gasteiger partial charge is 0.486 e. The highest BCUT2D eigenvalue weighted by atomic mass is 16.6. The van der Waals surface area contributed by atoms with E-state index in [4.69, 9.17) is 9.47 Å². The molecule has 0 radical (unpaired) electrons. The van der Waals surface area contributed by atoms with Crippen LogP contribution < -0.4 is 9.47 Å². The summed E-state index contributed by atoms with van der Waals surface area (Å²) in [5, 5.41) is 10.2. The molecule has 1 heterocycles. The first-order valence-corrected chi connectivity index (χ1v) is 5.40. The zero-order chi connectivity index (χ0) is 10.3. The summed E-state index contributed by atoms with van der Waals surface area (Å²) < 4.78 is 10.9. The van der Waals surface area contributed by atoms with E-state index >= 15 is 0 Å². The second-order valence-corrected chi connectivity index (χ2v) is 4.24. The third kappa shape index (κ3) is 1.38. The van der Waals surface area contributed by atoms with Gasteiger partial charge in [0.05, 0.1) is 5.60 Å². The van der Waals surface area contributed by atoms with Gasteiger partial charge in [0.25, 0.3) is 0 Å². The Bertz CT molecular complexity index is 382. The molecule has 3 heteroatoms. The molecule has 1 aromatic rings. The second-order valence-electron chi connectivity index (χ2n) is 4.24. The maximum atomic E-state index is 10.2. The molecule has 80 valence electrons. The third-order valence-electron chi connectivity index (χ3n) is 3.26. The molecule has 0 saturated heterocycles. The number of ether oxygens (including phenoxy) is 2. The van der Waals surface area contributed by atoms with Crippen molar-refractivity contribution in [3.8, 4) is 11.5 Å². The van der Waals surface area contributed by atoms with Crippen LogP contribution in [0.3, 0.4) is 0 Å². The zero-order valence-electron chi connectivity index (χ0n) is 8.53. The Morgan fingerprint density at radius 3 is 2.47 bits per heavy atom. The molecule has 0 atom stereocenters. The Morgan fingerprint density at radius 1 is 1.07 bits per heavy atom. The van der Waals surface area contributed by atoms with Gasteiger partial charge in [-0.05, 0) is 37.0 Å². The third-order valence-corrected chi connectivity index (χ3v) is 3.26. The Hall–Kier alpha value is -1.22. The molecule has 1 saturated carbocycles. The van der Waals surface area contributed by atoms with Gasteiger partial charge in [-0.2, -0.15) is 0 Å². The number of benzene rings is 1. The summed E-state index contributed by atoms with van der Waals surface area (Å²) in [4.78, 5) is 0. The van der Waals surface area contributed by atoms with Crippen LogP contribution in [0.1, 0.15) is 24.8 Å². The van der Waals surface area contributed by atoms with E-state index in [1.165, 1.54) is 0 Å². The van der Waals surface area contributed by atoms with Gasteiger partial charge in [0, 0.05) is 0 Å². The van der Waals surface area contributed by atoms with Crippen molar-refractivity contribution in [3.63, 3.8) is 0 Å². The van der Waals surface area contributed by atoms with Gasteiger partial charge in [-0.1, -0.05) is 6.07 Å². The van der Waals surface area contributed by atoms with Crippen LogP contribution in [0.5, 0.6) is 11.5 Å². The van der Waals surface area contributed by atoms with Crippen molar-refractivity contribution in [2.24, 2.45) is 0 Å². The highest BCUT2D eigenvalue weighted by Crippen LogP contribution is 2.43. The fourth-order valence-corrected chi connectivity index (χ4v) is 2.13. The molecule has 1 N–H and O–H groups in total. The number of hydrogen-bond donors (Lipinski definition) is 1. The Morgan fingerprint density at radius 2 is 1.80 bits per heavy atom. The van der Waals surface area contributed by atoms with Crippen molar-refractivity contribution in [3.05, 3.63) is 23.8 Å². The van der Waals surface area contributed by atoms with Gasteiger partial charge in [-0.25, -0.2) is 0 Å². The van der Waals surface area contributed by atoms with E-state index in [0.29, 0.717) is 13.2 Å². The standard InChI is InChI=1S/C12H14O3/c13-12(4-1-5-12)9-2-3-10-11(8-9)15-7-6-14-10/h2-3,8,13H,1,4-7H2. The Labute approximate surface area is 88.6 Å². The molecule has 0 amide bonds. The van der Waals surface area contributed by atoms with Gasteiger partial charge in [0.2, 0.25) is 0 Å². The van der Waals surface area contributed by atoms with E-state index in [2.05, 4.69) is 0 Å². The topological polar surface area (TPSA) is 38.7 Å². The second kappa shape index (κ2) is 3.14. The lowest BCUT2D eigenvalue weighted by Gasteiger charge is -2.37.